The van der Waals surface area contributed by atoms with Crippen LogP contribution in [0.15, 0.2) is 147 Å². The monoisotopic (exact) mass is 1650 g/mol. The molecule has 1 N–H and O–H groups in total. The van der Waals surface area contributed by atoms with Gasteiger partial charge in [-0.2, -0.15) is 26.3 Å². The smallest absolute Gasteiger partial charge is 0.393 e. The minimum atomic E-state index is -4.25. The molecule has 4 aliphatic rings. The van der Waals surface area contributed by atoms with Gasteiger partial charge in [-0.3, -0.25) is 19.2 Å². The third-order valence-electron chi connectivity index (χ3n) is 20.2. The second-order valence-electron chi connectivity index (χ2n) is 28.2. The molecule has 0 atom stereocenters. The third kappa shape index (κ3) is 21.0. The van der Waals surface area contributed by atoms with Gasteiger partial charge in [0.15, 0.2) is 0 Å². The van der Waals surface area contributed by atoms with Gasteiger partial charge >= 0.3 is 12.4 Å². The number of carbonyl (C=O) groups is 4. The molecule has 4 fully saturated rings. The summed E-state index contributed by atoms with van der Waals surface area (Å²) in [7, 11) is 0. The quantitative estimate of drug-likeness (QED) is 0.0889. The van der Waals surface area contributed by atoms with Crippen LogP contribution in [0.25, 0.3) is 40.9 Å². The van der Waals surface area contributed by atoms with Crippen molar-refractivity contribution in [3.8, 4) is 5.75 Å². The number of hydrogen-bond donors (Lipinski definition) is 1. The van der Waals surface area contributed by atoms with Crippen molar-refractivity contribution in [1.82, 2.24) is 59.5 Å². The Kier molecular flexibility index (Phi) is 26.5. The molecule has 0 spiro atoms. The zero-order chi connectivity index (χ0) is 80.2. The fraction of sp³-hybridized carbons (Fsp3) is 0.366. The van der Waals surface area contributed by atoms with Crippen molar-refractivity contribution in [3.63, 3.8) is 0 Å². The second kappa shape index (κ2) is 36.9. The SMILES string of the molecule is CCc1cc2c(N3CCN(C(=O)Cc4ccccc4Cl)CC3)ncnc2s1.CCc1cc2c(N3CCN(C(=O)Cc4ccccc4O)CC3)ncnc2s1.Cc1ccc(CC(=O)N2CCN(c3ncnc4sc(CC(F)(F)F)cc34)CC2)cc1.Cc1ccc(CC(=O)N2CCN(c3ncnc4sc(CC(F)(F)F)cc34)CC2)cc1. The van der Waals surface area contributed by atoms with Gasteiger partial charge < -0.3 is 44.3 Å². The Morgan fingerprint density at radius 1 is 0.377 bits per heavy atom. The average molecular weight is 1650 g/mol. The van der Waals surface area contributed by atoms with Crippen LogP contribution in [0.5, 0.6) is 5.75 Å². The maximum Gasteiger partial charge on any atom is 0.393 e. The van der Waals surface area contributed by atoms with Crippen LogP contribution in [0, 0.1) is 13.8 Å². The predicted octanol–water partition coefficient (Wildman–Crippen LogP) is 14.6. The predicted molar refractivity (Wildman–Crippen MR) is 440 cm³/mol. The highest BCUT2D eigenvalue weighted by Gasteiger charge is 2.33. The van der Waals surface area contributed by atoms with Crippen molar-refractivity contribution < 1.29 is 50.6 Å². The molecule has 0 unspecified atom stereocenters. The maximum atomic E-state index is 12.7. The van der Waals surface area contributed by atoms with E-state index >= 15 is 0 Å². The van der Waals surface area contributed by atoms with Crippen molar-refractivity contribution in [3.05, 3.63) is 205 Å². The summed E-state index contributed by atoms with van der Waals surface area (Å²) >= 11 is 11.7. The summed E-state index contributed by atoms with van der Waals surface area (Å²) in [6.45, 7) is 18.6. The number of aromatic nitrogens is 8. The fourth-order valence-corrected chi connectivity index (χ4v) is 18.1. The number of para-hydroxylation sites is 1. The summed E-state index contributed by atoms with van der Waals surface area (Å²) in [4.78, 5) is 107. The van der Waals surface area contributed by atoms with Crippen LogP contribution in [0.2, 0.25) is 5.02 Å². The zero-order valence-electron chi connectivity index (χ0n) is 63.3. The van der Waals surface area contributed by atoms with Gasteiger partial charge in [0.2, 0.25) is 23.6 Å². The molecule has 0 bridgehead atoms. The minimum absolute atomic E-state index is 0.0489. The van der Waals surface area contributed by atoms with E-state index in [4.69, 9.17) is 11.6 Å². The molecule has 32 heteroatoms. The summed E-state index contributed by atoms with van der Waals surface area (Å²) < 4.78 is 76.5. The van der Waals surface area contributed by atoms with E-state index in [0.29, 0.717) is 140 Å². The van der Waals surface area contributed by atoms with Gasteiger partial charge in [0.1, 0.15) is 73.7 Å². The molecule has 16 rings (SSSR count). The minimum Gasteiger partial charge on any atom is -0.508 e. The van der Waals surface area contributed by atoms with Crippen LogP contribution < -0.4 is 19.6 Å². The standard InChI is InChI=1S/2C21H21F3N4OS.C20H21ClN4OS.C20H22N4O2S/c2*1-14-2-4-15(5-3-14)10-18(29)27-6-8-28(9-7-27)19-17-11-16(12-21(22,23)24)30-20(17)26-13-25-19;1-2-15-12-16-19(22-13-23-20(16)27-15)25-9-7-24(8-10-25)18(26)11-14-5-3-4-6-17(14)21;1-2-15-12-16-19(21-13-22-20(16)27-15)24-9-7-23(8-10-24)18(26)11-14-5-3-4-6-17(14)25/h2*2-5,11,13H,6-10,12H2,1H3;3-6,12-13H,2,7-11H2,1H3;3-6,12-13,25H,2,7-11H2,1H3. The number of aryl methyl sites for hydroxylation is 4. The molecule has 4 aromatic carbocycles. The first-order chi connectivity index (χ1) is 54.9. The number of amides is 4. The number of piperazine rings is 4. The molecule has 4 amide bonds. The fourth-order valence-electron chi connectivity index (χ4n) is 14.0. The summed E-state index contributed by atoms with van der Waals surface area (Å²) in [6.07, 6.45) is -1.07. The number of phenolic OH excluding ortho intramolecular Hbond substituents is 1. The molecular formula is C82H85ClF6N16O5S4. The third-order valence-corrected chi connectivity index (χ3v) is 25.0. The van der Waals surface area contributed by atoms with Gasteiger partial charge in [-0.05, 0) is 79.8 Å². The first-order valence-electron chi connectivity index (χ1n) is 37.7. The number of benzene rings is 4. The number of rotatable bonds is 16. The summed E-state index contributed by atoms with van der Waals surface area (Å²) in [6, 6.07) is 37.9. The Morgan fingerprint density at radius 2 is 0.658 bits per heavy atom. The summed E-state index contributed by atoms with van der Waals surface area (Å²) in [5, 5.41) is 14.0. The number of aromatic hydroxyl groups is 1. The molecule has 0 radical (unpaired) electrons. The van der Waals surface area contributed by atoms with Gasteiger partial charge in [0, 0.05) is 135 Å². The molecule has 21 nitrogen and oxygen atoms in total. The highest BCUT2D eigenvalue weighted by atomic mass is 35.5. The van der Waals surface area contributed by atoms with Crippen molar-refractivity contribution in [1.29, 1.82) is 0 Å². The van der Waals surface area contributed by atoms with E-state index in [2.05, 4.69) is 75.7 Å². The van der Waals surface area contributed by atoms with Crippen LogP contribution >= 0.6 is 56.9 Å². The summed E-state index contributed by atoms with van der Waals surface area (Å²) in [5.74, 6) is 3.72. The van der Waals surface area contributed by atoms with Crippen LogP contribution in [0.4, 0.5) is 49.6 Å². The number of hydrogen-bond acceptors (Lipinski definition) is 21. The van der Waals surface area contributed by atoms with E-state index in [-0.39, 0.29) is 45.6 Å². The molecule has 0 saturated carbocycles. The van der Waals surface area contributed by atoms with E-state index in [1.54, 1.807) is 53.5 Å². The van der Waals surface area contributed by atoms with Crippen LogP contribution in [-0.4, -0.2) is 205 Å². The van der Waals surface area contributed by atoms with Gasteiger partial charge in [-0.15, -0.1) is 45.3 Å². The normalized spacial score (nSPS) is 14.9. The van der Waals surface area contributed by atoms with E-state index in [1.807, 2.05) is 122 Å². The molecule has 4 saturated heterocycles. The number of fused-ring (bicyclic) bond motifs is 4. The number of phenols is 1. The molecular weight excluding hydrogens is 1570 g/mol. The average Bonchev–Trinajstić information content (AvgIpc) is 1.65. The summed E-state index contributed by atoms with van der Waals surface area (Å²) in [5.41, 5.74) is 5.84. The van der Waals surface area contributed by atoms with Crippen molar-refractivity contribution in [2.75, 3.05) is 124 Å². The Balaban J connectivity index is 0.000000133. The van der Waals surface area contributed by atoms with Gasteiger partial charge in [0.05, 0.1) is 60.1 Å². The number of alkyl halides is 6. The topological polar surface area (TPSA) is 218 Å². The van der Waals surface area contributed by atoms with Crippen LogP contribution in [-0.2, 0) is 70.5 Å². The highest BCUT2D eigenvalue weighted by molar-refractivity contribution is 7.19. The first-order valence-corrected chi connectivity index (χ1v) is 41.3. The van der Waals surface area contributed by atoms with Gasteiger partial charge in [-0.1, -0.05) is 122 Å². The van der Waals surface area contributed by atoms with E-state index < -0.39 is 25.2 Å². The van der Waals surface area contributed by atoms with E-state index in [9.17, 15) is 50.6 Å². The Bertz CT molecular complexity index is 5000. The largest absolute Gasteiger partial charge is 0.508 e. The maximum absolute atomic E-state index is 12.7. The lowest BCUT2D eigenvalue weighted by Crippen LogP contribution is -2.49. The number of halogens is 7. The number of thiophene rings is 4. The van der Waals surface area contributed by atoms with E-state index in [0.717, 1.165) is 122 Å². The van der Waals surface area contributed by atoms with E-state index in [1.165, 1.54) is 34.5 Å². The van der Waals surface area contributed by atoms with Crippen LogP contribution in [0.1, 0.15) is 66.7 Å². The lowest BCUT2D eigenvalue weighted by atomic mass is 10.1. The molecule has 114 heavy (non-hydrogen) atoms. The molecule has 0 aliphatic carbocycles. The lowest BCUT2D eigenvalue weighted by Gasteiger charge is -2.35. The Hall–Kier alpha value is -10.2. The number of carbonyl (C=O) groups excluding carboxylic acids is 4. The lowest BCUT2D eigenvalue weighted by molar-refractivity contribution is -0.131. The Labute approximate surface area is 676 Å². The Morgan fingerprint density at radius 3 is 0.965 bits per heavy atom. The molecule has 4 aliphatic heterocycles. The van der Waals surface area contributed by atoms with Gasteiger partial charge in [0.25, 0.3) is 0 Å². The molecule has 596 valence electrons. The van der Waals surface area contributed by atoms with Crippen molar-refractivity contribution in [2.45, 2.75) is 91.4 Å². The highest BCUT2D eigenvalue weighted by Crippen LogP contribution is 2.38. The van der Waals surface area contributed by atoms with Crippen molar-refractivity contribution in [2.24, 2.45) is 0 Å². The number of nitrogens with zero attached hydrogens (tertiary/aromatic N) is 16. The second-order valence-corrected chi connectivity index (χ2v) is 33.0. The first kappa shape index (κ1) is 81.8. The van der Waals surface area contributed by atoms with Gasteiger partial charge in [-0.25, -0.2) is 39.9 Å². The molecule has 12 heterocycles. The molecule has 8 aromatic heterocycles. The molecule has 12 aromatic rings. The van der Waals surface area contributed by atoms with Crippen molar-refractivity contribution >= 4 is 145 Å². The number of anilines is 4. The zero-order valence-corrected chi connectivity index (χ0v) is 67.4. The van der Waals surface area contributed by atoms with Crippen LogP contribution in [0.3, 0.4) is 0 Å².